The number of ether oxygens (including phenoxy) is 1. The number of carbonyl (C=O) groups excluding carboxylic acids is 3. The van der Waals surface area contributed by atoms with Crippen LogP contribution >= 0.6 is 0 Å². The van der Waals surface area contributed by atoms with E-state index < -0.39 is 29.3 Å². The molecule has 3 N–H and O–H groups in total. The Morgan fingerprint density at radius 3 is 2.58 bits per heavy atom. The monoisotopic (exact) mass is 587 g/mol. The largest absolute Gasteiger partial charge is 0.497 e. The molecule has 1 aliphatic heterocycles. The predicted molar refractivity (Wildman–Crippen MR) is 162 cm³/mol. The summed E-state index contributed by atoms with van der Waals surface area (Å²) < 4.78 is 21.0. The van der Waals surface area contributed by atoms with Crippen LogP contribution in [0.5, 0.6) is 5.75 Å². The maximum absolute atomic E-state index is 15.6. The smallest absolute Gasteiger partial charge is 0.254 e. The standard InChI is InChI=1S/C34H38FN3O5/c1-34(2)19-27(25-18-22(43-3)14-15-23(25)32(34)41)36-20-29(39)26(17-21-9-5-4-6-10-21)37-33(42)24-11-7-12-28(31(24)35)38-16-8-13-30(38)40/h4-7,9-12,14-15,18,26-27,29,36,39H,8,13,16-17,19-20H2,1-3H3,(H,37,42)/t26-,27-,29+/m0/s1. The lowest BCUT2D eigenvalue weighted by Crippen LogP contribution is -2.50. The topological polar surface area (TPSA) is 108 Å². The number of hydrogen-bond donors (Lipinski definition) is 3. The minimum Gasteiger partial charge on any atom is -0.497 e. The van der Waals surface area contributed by atoms with Gasteiger partial charge in [0, 0.05) is 36.5 Å². The molecule has 5 rings (SSSR count). The van der Waals surface area contributed by atoms with Crippen molar-refractivity contribution in [3.05, 3.63) is 94.8 Å². The summed E-state index contributed by atoms with van der Waals surface area (Å²) in [5.41, 5.74) is 1.59. The lowest BCUT2D eigenvalue weighted by Gasteiger charge is -2.37. The molecule has 0 aromatic heterocycles. The van der Waals surface area contributed by atoms with Crippen LogP contribution in [0.3, 0.4) is 0 Å². The van der Waals surface area contributed by atoms with E-state index in [1.54, 1.807) is 25.3 Å². The molecular formula is C34H38FN3O5. The van der Waals surface area contributed by atoms with Gasteiger partial charge in [-0.3, -0.25) is 14.4 Å². The zero-order valence-electron chi connectivity index (χ0n) is 24.7. The first kappa shape index (κ1) is 30.4. The summed E-state index contributed by atoms with van der Waals surface area (Å²) in [6, 6.07) is 18.3. The minimum atomic E-state index is -1.05. The normalized spacial score (nSPS) is 19.1. The number of ketones is 1. The van der Waals surface area contributed by atoms with Crippen LogP contribution in [0.15, 0.2) is 66.7 Å². The van der Waals surface area contributed by atoms with Crippen LogP contribution in [0.25, 0.3) is 0 Å². The molecule has 3 aromatic rings. The van der Waals surface area contributed by atoms with Gasteiger partial charge in [-0.2, -0.15) is 0 Å². The molecule has 226 valence electrons. The number of aliphatic hydroxyl groups excluding tert-OH is 1. The summed E-state index contributed by atoms with van der Waals surface area (Å²) in [6.45, 7) is 4.32. The van der Waals surface area contributed by atoms with Crippen molar-refractivity contribution in [3.63, 3.8) is 0 Å². The highest BCUT2D eigenvalue weighted by Crippen LogP contribution is 2.42. The number of halogens is 1. The number of carbonyl (C=O) groups is 3. The summed E-state index contributed by atoms with van der Waals surface area (Å²) in [5, 5.41) is 17.7. The molecule has 9 heteroatoms. The van der Waals surface area contributed by atoms with Crippen LogP contribution in [0.1, 0.15) is 71.0 Å². The second-order valence-corrected chi connectivity index (χ2v) is 12.0. The molecule has 0 bridgehead atoms. The van der Waals surface area contributed by atoms with Gasteiger partial charge >= 0.3 is 0 Å². The Bertz CT molecular complexity index is 1510. The van der Waals surface area contributed by atoms with E-state index in [0.29, 0.717) is 43.5 Å². The number of Topliss-reactive ketones (excluding diaryl/α,β-unsaturated/α-hetero) is 1. The second-order valence-electron chi connectivity index (χ2n) is 12.0. The van der Waals surface area contributed by atoms with Gasteiger partial charge in [0.15, 0.2) is 11.6 Å². The second kappa shape index (κ2) is 12.7. The third kappa shape index (κ3) is 6.48. The third-order valence-corrected chi connectivity index (χ3v) is 8.45. The Labute approximate surface area is 251 Å². The average molecular weight is 588 g/mol. The van der Waals surface area contributed by atoms with Gasteiger partial charge in [0.05, 0.1) is 30.5 Å². The van der Waals surface area contributed by atoms with Crippen molar-refractivity contribution in [1.82, 2.24) is 10.6 Å². The minimum absolute atomic E-state index is 0.0536. The number of nitrogens with one attached hydrogen (secondary N) is 2. The molecule has 2 amide bonds. The fourth-order valence-electron chi connectivity index (χ4n) is 6.03. The van der Waals surface area contributed by atoms with Gasteiger partial charge in [-0.25, -0.2) is 4.39 Å². The van der Waals surface area contributed by atoms with Crippen molar-refractivity contribution in [2.45, 2.75) is 57.7 Å². The summed E-state index contributed by atoms with van der Waals surface area (Å²) in [6.07, 6.45) is 0.751. The molecular weight excluding hydrogens is 549 g/mol. The summed E-state index contributed by atoms with van der Waals surface area (Å²) in [7, 11) is 1.57. The first-order chi connectivity index (χ1) is 20.6. The zero-order chi connectivity index (χ0) is 30.7. The van der Waals surface area contributed by atoms with Crippen molar-refractivity contribution in [3.8, 4) is 5.75 Å². The van der Waals surface area contributed by atoms with Gasteiger partial charge in [-0.15, -0.1) is 0 Å². The first-order valence-electron chi connectivity index (χ1n) is 14.7. The average Bonchev–Trinajstić information content (AvgIpc) is 3.43. The van der Waals surface area contributed by atoms with Gasteiger partial charge in [0.2, 0.25) is 5.91 Å². The Kier molecular flexibility index (Phi) is 8.94. The first-order valence-corrected chi connectivity index (χ1v) is 14.7. The van der Waals surface area contributed by atoms with E-state index in [9.17, 15) is 19.5 Å². The molecule has 43 heavy (non-hydrogen) atoms. The van der Waals surface area contributed by atoms with Crippen LogP contribution in [-0.4, -0.2) is 55.0 Å². The fourth-order valence-corrected chi connectivity index (χ4v) is 6.03. The van der Waals surface area contributed by atoms with E-state index in [1.807, 2.05) is 50.2 Å². The summed E-state index contributed by atoms with van der Waals surface area (Å²) in [5.74, 6) is -0.927. The molecule has 3 atom stereocenters. The number of benzene rings is 3. The van der Waals surface area contributed by atoms with Gasteiger partial charge in [-0.1, -0.05) is 50.2 Å². The molecule has 0 saturated carbocycles. The van der Waals surface area contributed by atoms with Crippen LogP contribution < -0.4 is 20.3 Å². The fraction of sp³-hybridized carbons (Fsp3) is 0.382. The van der Waals surface area contributed by atoms with Crippen LogP contribution in [0.4, 0.5) is 10.1 Å². The highest BCUT2D eigenvalue weighted by atomic mass is 19.1. The maximum Gasteiger partial charge on any atom is 0.254 e. The molecule has 1 fully saturated rings. The SMILES string of the molecule is COc1ccc2c(c1)[C@@H](NC[C@@H](O)[C@H](Cc1ccccc1)NC(=O)c1cccc(N3CCCC3=O)c1F)CC(C)(C)C2=O. The zero-order valence-corrected chi connectivity index (χ0v) is 24.7. The van der Waals surface area contributed by atoms with E-state index in [2.05, 4.69) is 10.6 Å². The number of aliphatic hydroxyl groups is 1. The quantitative estimate of drug-likeness (QED) is 0.320. The van der Waals surface area contributed by atoms with E-state index in [-0.39, 0.29) is 35.5 Å². The third-order valence-electron chi connectivity index (χ3n) is 8.45. The number of nitrogens with zero attached hydrogens (tertiary/aromatic N) is 1. The Hall–Kier alpha value is -4.08. The molecule has 8 nitrogen and oxygen atoms in total. The number of hydrogen-bond acceptors (Lipinski definition) is 6. The van der Waals surface area contributed by atoms with Crippen molar-refractivity contribution in [2.24, 2.45) is 5.41 Å². The lowest BCUT2D eigenvalue weighted by molar-refractivity contribution is -0.117. The Morgan fingerprint density at radius 2 is 1.88 bits per heavy atom. The molecule has 1 heterocycles. The highest BCUT2D eigenvalue weighted by Gasteiger charge is 2.40. The predicted octanol–water partition coefficient (Wildman–Crippen LogP) is 4.61. The molecule has 0 spiro atoms. The van der Waals surface area contributed by atoms with Crippen molar-refractivity contribution in [2.75, 3.05) is 25.1 Å². The molecule has 1 saturated heterocycles. The summed E-state index contributed by atoms with van der Waals surface area (Å²) in [4.78, 5) is 40.2. The van der Waals surface area contributed by atoms with E-state index in [0.717, 1.165) is 11.1 Å². The van der Waals surface area contributed by atoms with Gasteiger partial charge in [0.25, 0.3) is 5.91 Å². The van der Waals surface area contributed by atoms with Crippen molar-refractivity contribution in [1.29, 1.82) is 0 Å². The number of anilines is 1. The Morgan fingerprint density at radius 1 is 1.12 bits per heavy atom. The molecule has 2 aliphatic rings. The number of amides is 2. The van der Waals surface area contributed by atoms with Crippen molar-refractivity contribution < 1.29 is 28.6 Å². The van der Waals surface area contributed by atoms with Gasteiger partial charge in [0.1, 0.15) is 5.75 Å². The number of fused-ring (bicyclic) bond motifs is 1. The number of methoxy groups -OCH3 is 1. The number of rotatable bonds is 10. The maximum atomic E-state index is 15.6. The van der Waals surface area contributed by atoms with E-state index in [4.69, 9.17) is 4.74 Å². The van der Waals surface area contributed by atoms with Crippen molar-refractivity contribution >= 4 is 23.3 Å². The lowest BCUT2D eigenvalue weighted by atomic mass is 9.71. The van der Waals surface area contributed by atoms with Crippen LogP contribution in [-0.2, 0) is 11.2 Å². The van der Waals surface area contributed by atoms with Crippen LogP contribution in [0.2, 0.25) is 0 Å². The van der Waals surface area contributed by atoms with E-state index in [1.165, 1.54) is 17.0 Å². The highest BCUT2D eigenvalue weighted by molar-refractivity contribution is 6.03. The molecule has 0 unspecified atom stereocenters. The molecule has 0 radical (unpaired) electrons. The molecule has 1 aliphatic carbocycles. The van der Waals surface area contributed by atoms with Gasteiger partial charge < -0.3 is 25.4 Å². The summed E-state index contributed by atoms with van der Waals surface area (Å²) >= 11 is 0. The van der Waals surface area contributed by atoms with E-state index >= 15 is 4.39 Å². The molecule has 3 aromatic carbocycles. The Balaban J connectivity index is 1.37. The van der Waals surface area contributed by atoms with Gasteiger partial charge in [-0.05, 0) is 60.7 Å². The van der Waals surface area contributed by atoms with Crippen LogP contribution in [0, 0.1) is 11.2 Å².